The van der Waals surface area contributed by atoms with Gasteiger partial charge >= 0.3 is 0 Å². The number of carbonyl (C=O) groups is 1. The van der Waals surface area contributed by atoms with Crippen LogP contribution in [-0.2, 0) is 4.79 Å². The molecule has 114 valence electrons. The molecule has 1 N–H and O–H groups in total. The molecule has 0 unspecified atom stereocenters. The van der Waals surface area contributed by atoms with E-state index in [1.807, 2.05) is 48.5 Å². The first kappa shape index (κ1) is 15.2. The molecule has 0 aliphatic heterocycles. The number of nitrogens with one attached hydrogen (secondary N) is 1. The smallest absolute Gasteiger partial charge is 0.224 e. The maximum atomic E-state index is 11.7. The summed E-state index contributed by atoms with van der Waals surface area (Å²) < 4.78 is 1.16. The highest BCUT2D eigenvalue weighted by Gasteiger charge is 2.07. The predicted octanol–water partition coefficient (Wildman–Crippen LogP) is 4.60. The topological polar surface area (TPSA) is 65.8 Å². The van der Waals surface area contributed by atoms with Crippen molar-refractivity contribution >= 4 is 33.1 Å². The molecule has 4 nitrogen and oxygen atoms in total. The normalized spacial score (nSPS) is 10.4. The van der Waals surface area contributed by atoms with E-state index in [1.165, 1.54) is 0 Å². The first-order chi connectivity index (χ1) is 11.3. The largest absolute Gasteiger partial charge is 0.326 e. The molecule has 1 aromatic heterocycles. The van der Waals surface area contributed by atoms with Gasteiger partial charge in [-0.2, -0.15) is 5.26 Å². The number of anilines is 1. The van der Waals surface area contributed by atoms with Crippen molar-refractivity contribution in [3.63, 3.8) is 0 Å². The SMILES string of the molecule is N#CCCCC(=O)Nc1ccc(-c2nc3ccccc3s2)cc1. The first-order valence-electron chi connectivity index (χ1n) is 7.39. The van der Waals surface area contributed by atoms with Gasteiger partial charge in [-0.3, -0.25) is 4.79 Å². The monoisotopic (exact) mass is 321 g/mol. The van der Waals surface area contributed by atoms with Gasteiger partial charge in [0.15, 0.2) is 0 Å². The van der Waals surface area contributed by atoms with Crippen LogP contribution in [0.5, 0.6) is 0 Å². The van der Waals surface area contributed by atoms with Crippen molar-refractivity contribution in [3.8, 4) is 16.6 Å². The molecule has 0 atom stereocenters. The third kappa shape index (κ3) is 3.74. The zero-order valence-electron chi connectivity index (χ0n) is 12.5. The van der Waals surface area contributed by atoms with Crippen molar-refractivity contribution in [2.45, 2.75) is 19.3 Å². The van der Waals surface area contributed by atoms with E-state index >= 15 is 0 Å². The number of thiazole rings is 1. The second-order valence-electron chi connectivity index (χ2n) is 5.12. The fraction of sp³-hybridized carbons (Fsp3) is 0.167. The van der Waals surface area contributed by atoms with Gasteiger partial charge in [0, 0.05) is 24.1 Å². The highest BCUT2D eigenvalue weighted by Crippen LogP contribution is 2.30. The van der Waals surface area contributed by atoms with E-state index in [2.05, 4.69) is 16.4 Å². The third-order valence-electron chi connectivity index (χ3n) is 3.40. The van der Waals surface area contributed by atoms with E-state index in [-0.39, 0.29) is 5.91 Å². The van der Waals surface area contributed by atoms with Crippen LogP contribution in [0.1, 0.15) is 19.3 Å². The number of rotatable bonds is 5. The highest BCUT2D eigenvalue weighted by atomic mass is 32.1. The molecule has 0 saturated heterocycles. The Hall–Kier alpha value is -2.71. The number of amides is 1. The number of carbonyl (C=O) groups excluding carboxylic acids is 1. The quantitative estimate of drug-likeness (QED) is 0.699. The van der Waals surface area contributed by atoms with Gasteiger partial charge in [0.25, 0.3) is 0 Å². The van der Waals surface area contributed by atoms with Gasteiger partial charge in [-0.05, 0) is 42.8 Å². The van der Waals surface area contributed by atoms with Crippen LogP contribution in [0.2, 0.25) is 0 Å². The van der Waals surface area contributed by atoms with E-state index in [0.717, 1.165) is 26.5 Å². The Balaban J connectivity index is 1.69. The van der Waals surface area contributed by atoms with Gasteiger partial charge in [-0.15, -0.1) is 11.3 Å². The molecule has 1 amide bonds. The Morgan fingerprint density at radius 2 is 1.96 bits per heavy atom. The number of nitriles is 1. The zero-order chi connectivity index (χ0) is 16.1. The molecular weight excluding hydrogens is 306 g/mol. The lowest BCUT2D eigenvalue weighted by atomic mass is 10.2. The minimum atomic E-state index is -0.0620. The van der Waals surface area contributed by atoms with Crippen LogP contribution >= 0.6 is 11.3 Å². The van der Waals surface area contributed by atoms with Crippen molar-refractivity contribution in [2.24, 2.45) is 0 Å². The molecule has 0 aliphatic rings. The van der Waals surface area contributed by atoms with Gasteiger partial charge in [-0.25, -0.2) is 4.98 Å². The van der Waals surface area contributed by atoms with E-state index in [9.17, 15) is 4.79 Å². The Bertz CT molecular complexity index is 829. The number of nitrogens with zero attached hydrogens (tertiary/aromatic N) is 2. The molecule has 0 saturated carbocycles. The molecule has 0 spiro atoms. The van der Waals surface area contributed by atoms with Crippen LogP contribution in [0.4, 0.5) is 5.69 Å². The number of hydrogen-bond acceptors (Lipinski definition) is 4. The Labute approximate surface area is 138 Å². The summed E-state index contributed by atoms with van der Waals surface area (Å²) in [6, 6.07) is 17.8. The van der Waals surface area contributed by atoms with Crippen LogP contribution in [0, 0.1) is 11.3 Å². The van der Waals surface area contributed by atoms with Crippen LogP contribution in [0.25, 0.3) is 20.8 Å². The summed E-state index contributed by atoms with van der Waals surface area (Å²) in [4.78, 5) is 16.4. The molecule has 3 aromatic rings. The van der Waals surface area contributed by atoms with E-state index in [1.54, 1.807) is 11.3 Å². The molecule has 0 fully saturated rings. The second-order valence-corrected chi connectivity index (χ2v) is 6.15. The van der Waals surface area contributed by atoms with Crippen LogP contribution in [-0.4, -0.2) is 10.9 Å². The maximum Gasteiger partial charge on any atom is 0.224 e. The lowest BCUT2D eigenvalue weighted by Gasteiger charge is -2.05. The Kier molecular flexibility index (Phi) is 4.65. The summed E-state index contributed by atoms with van der Waals surface area (Å²) in [5, 5.41) is 12.3. The predicted molar refractivity (Wildman–Crippen MR) is 93.1 cm³/mol. The standard InChI is InChI=1S/C18H15N3OS/c19-12-4-3-7-17(22)20-14-10-8-13(9-11-14)18-21-15-5-1-2-6-16(15)23-18/h1-2,5-6,8-11H,3-4,7H2,(H,20,22). The molecule has 0 bridgehead atoms. The second kappa shape index (κ2) is 7.03. The summed E-state index contributed by atoms with van der Waals surface area (Å²) in [5.41, 5.74) is 2.80. The number of para-hydroxylation sites is 1. The minimum Gasteiger partial charge on any atom is -0.326 e. The van der Waals surface area contributed by atoms with Crippen molar-refractivity contribution in [1.29, 1.82) is 5.26 Å². The highest BCUT2D eigenvalue weighted by molar-refractivity contribution is 7.21. The Morgan fingerprint density at radius 1 is 1.17 bits per heavy atom. The fourth-order valence-corrected chi connectivity index (χ4v) is 3.21. The summed E-state index contributed by atoms with van der Waals surface area (Å²) in [5.74, 6) is -0.0620. The van der Waals surface area contributed by atoms with Gasteiger partial charge in [0.1, 0.15) is 5.01 Å². The number of unbranched alkanes of at least 4 members (excludes halogenated alkanes) is 1. The van der Waals surface area contributed by atoms with Crippen LogP contribution in [0.15, 0.2) is 48.5 Å². The van der Waals surface area contributed by atoms with Gasteiger partial charge < -0.3 is 5.32 Å². The minimum absolute atomic E-state index is 0.0620. The number of aromatic nitrogens is 1. The molecule has 1 heterocycles. The summed E-state index contributed by atoms with van der Waals surface area (Å²) >= 11 is 1.65. The average molecular weight is 321 g/mol. The lowest BCUT2D eigenvalue weighted by Crippen LogP contribution is -2.10. The Morgan fingerprint density at radius 3 is 2.70 bits per heavy atom. The maximum absolute atomic E-state index is 11.7. The summed E-state index contributed by atoms with van der Waals surface area (Å²) in [6.45, 7) is 0. The zero-order valence-corrected chi connectivity index (χ0v) is 13.3. The van der Waals surface area contributed by atoms with E-state index in [0.29, 0.717) is 19.3 Å². The summed E-state index contributed by atoms with van der Waals surface area (Å²) in [7, 11) is 0. The third-order valence-corrected chi connectivity index (χ3v) is 4.49. The fourth-order valence-electron chi connectivity index (χ4n) is 2.24. The van der Waals surface area contributed by atoms with Crippen LogP contribution < -0.4 is 5.32 Å². The lowest BCUT2D eigenvalue weighted by molar-refractivity contribution is -0.116. The average Bonchev–Trinajstić information content (AvgIpc) is 3.00. The molecule has 0 radical (unpaired) electrons. The van der Waals surface area contributed by atoms with Gasteiger partial charge in [-0.1, -0.05) is 12.1 Å². The number of benzene rings is 2. The van der Waals surface area contributed by atoms with Crippen molar-refractivity contribution in [3.05, 3.63) is 48.5 Å². The summed E-state index contributed by atoms with van der Waals surface area (Å²) in [6.07, 6.45) is 1.36. The number of fused-ring (bicyclic) bond motifs is 1. The van der Waals surface area contributed by atoms with Crippen molar-refractivity contribution in [2.75, 3.05) is 5.32 Å². The molecule has 3 rings (SSSR count). The van der Waals surface area contributed by atoms with E-state index in [4.69, 9.17) is 5.26 Å². The van der Waals surface area contributed by atoms with Crippen molar-refractivity contribution in [1.82, 2.24) is 4.98 Å². The molecule has 5 heteroatoms. The van der Waals surface area contributed by atoms with Crippen molar-refractivity contribution < 1.29 is 4.79 Å². The van der Waals surface area contributed by atoms with Crippen LogP contribution in [0.3, 0.4) is 0 Å². The van der Waals surface area contributed by atoms with Gasteiger partial charge in [0.2, 0.25) is 5.91 Å². The van der Waals surface area contributed by atoms with Gasteiger partial charge in [0.05, 0.1) is 16.3 Å². The molecule has 23 heavy (non-hydrogen) atoms. The first-order valence-corrected chi connectivity index (χ1v) is 8.21. The van der Waals surface area contributed by atoms with E-state index < -0.39 is 0 Å². The number of hydrogen-bond donors (Lipinski definition) is 1. The molecular formula is C18H15N3OS. The molecule has 2 aromatic carbocycles. The molecule has 0 aliphatic carbocycles.